The zero-order valence-electron chi connectivity index (χ0n) is 2.01. The molecule has 0 bridgehead atoms. The van der Waals surface area contributed by atoms with Gasteiger partial charge in [-0.05, 0) is 0 Å². The van der Waals surface area contributed by atoms with Gasteiger partial charge in [-0.1, -0.05) is 0 Å². The molecule has 0 heterocycles. The van der Waals surface area contributed by atoms with Crippen LogP contribution in [0.5, 0.6) is 0 Å². The Bertz CT molecular complexity index is 29.0. The minimum absolute atomic E-state index is 1.87. The third kappa shape index (κ3) is 5250. The Kier molecular flexibility index (Phi) is 1.36. The van der Waals surface area contributed by atoms with Gasteiger partial charge in [-0.2, -0.15) is 0 Å². The summed E-state index contributed by atoms with van der Waals surface area (Å²) in [5, 5.41) is 0. The van der Waals surface area contributed by atoms with E-state index in [0.717, 1.165) is 0 Å². The van der Waals surface area contributed by atoms with Crippen molar-refractivity contribution in [3.8, 4) is 0 Å². The van der Waals surface area contributed by atoms with E-state index in [0.29, 0.717) is 0 Å². The Morgan fingerprint density at radius 3 is 1.50 bits per heavy atom. The van der Waals surface area contributed by atoms with E-state index >= 15 is 0 Å². The van der Waals surface area contributed by atoms with E-state index in [1.807, 2.05) is 0 Å². The first-order valence-corrected chi connectivity index (χ1v) is 2.10. The first-order chi connectivity index (χ1) is 1.73. The highest BCUT2D eigenvalue weighted by Crippen LogP contribution is 1.82. The van der Waals surface area contributed by atoms with Crippen LogP contribution >= 0.6 is 8.10 Å². The first kappa shape index (κ1) is 4.02. The largest absolute Gasteiger partial charge is 0.252 e. The SMILES string of the molecule is N[P](N)=O. The minimum atomic E-state index is -1.87. The zero-order chi connectivity index (χ0) is 3.58. The summed E-state index contributed by atoms with van der Waals surface area (Å²) in [6.45, 7) is 0. The highest BCUT2D eigenvalue weighted by Gasteiger charge is 1.58. The van der Waals surface area contributed by atoms with E-state index in [-0.39, 0.29) is 0 Å². The van der Waals surface area contributed by atoms with Crippen LogP contribution in [0, 0.1) is 0 Å². The summed E-state index contributed by atoms with van der Waals surface area (Å²) >= 11 is 0. The van der Waals surface area contributed by atoms with Gasteiger partial charge in [0.2, 0.25) is 8.10 Å². The maximum Gasteiger partial charge on any atom is 0.218 e. The highest BCUT2D eigenvalue weighted by atomic mass is 31.1. The molecule has 0 aliphatic rings. The molecule has 25 valence electrons. The molecule has 0 rings (SSSR count). The van der Waals surface area contributed by atoms with Crippen LogP contribution in [0.3, 0.4) is 0 Å². The molecular formula is H4N2OP. The zero-order valence-corrected chi connectivity index (χ0v) is 2.90. The van der Waals surface area contributed by atoms with Crippen molar-refractivity contribution in [2.45, 2.75) is 0 Å². The molecule has 0 aromatic heterocycles. The summed E-state index contributed by atoms with van der Waals surface area (Å²) in [4.78, 5) is 0. The molecule has 1 radical (unpaired) electrons. The lowest BCUT2D eigenvalue weighted by Crippen LogP contribution is -1.84. The second-order valence-corrected chi connectivity index (χ2v) is 1.08. The molecule has 4 N–H and O–H groups in total. The average Bonchev–Trinajstić information content (AvgIpc) is 0.811. The Morgan fingerprint density at radius 2 is 1.50 bits per heavy atom. The smallest absolute Gasteiger partial charge is 0.218 e. The van der Waals surface area contributed by atoms with Crippen molar-refractivity contribution in [3.05, 3.63) is 0 Å². The predicted octanol–water partition coefficient (Wildman–Crippen LogP) is -0.439. The summed E-state index contributed by atoms with van der Waals surface area (Å²) in [7, 11) is -1.87. The van der Waals surface area contributed by atoms with Gasteiger partial charge >= 0.3 is 0 Å². The van der Waals surface area contributed by atoms with Gasteiger partial charge in [-0.25, -0.2) is 11.0 Å². The molecular weight excluding hydrogens is 75.0 g/mol. The Balaban J connectivity index is 2.80. The first-order valence-electron chi connectivity index (χ1n) is 0.699. The lowest BCUT2D eigenvalue weighted by atomic mass is 13.9. The van der Waals surface area contributed by atoms with E-state index in [2.05, 4.69) is 11.0 Å². The Hall–Kier alpha value is 0.0200. The molecule has 0 spiro atoms. The normalized spacial score (nSPS) is 6.50. The van der Waals surface area contributed by atoms with Gasteiger partial charge in [0.1, 0.15) is 0 Å². The molecule has 0 aromatic carbocycles. The van der Waals surface area contributed by atoms with Crippen molar-refractivity contribution in [1.29, 1.82) is 0 Å². The van der Waals surface area contributed by atoms with Gasteiger partial charge in [0, 0.05) is 0 Å². The van der Waals surface area contributed by atoms with Crippen molar-refractivity contribution in [3.63, 3.8) is 0 Å². The molecule has 0 amide bonds. The van der Waals surface area contributed by atoms with Crippen LogP contribution in [0.1, 0.15) is 0 Å². The third-order valence-electron chi connectivity index (χ3n) is 0. The molecule has 4 heavy (non-hydrogen) atoms. The van der Waals surface area contributed by atoms with Gasteiger partial charge in [-0.3, -0.25) is 4.57 Å². The summed E-state index contributed by atoms with van der Waals surface area (Å²) in [5.41, 5.74) is 8.80. The molecule has 0 saturated carbocycles. The lowest BCUT2D eigenvalue weighted by molar-refractivity contribution is 0.589. The van der Waals surface area contributed by atoms with Crippen LogP contribution in [0.4, 0.5) is 0 Å². The topological polar surface area (TPSA) is 69.1 Å². The monoisotopic (exact) mass is 79.0 g/mol. The molecule has 0 aliphatic heterocycles. The number of hydrogen-bond acceptors (Lipinski definition) is 1. The third-order valence-corrected chi connectivity index (χ3v) is 0. The van der Waals surface area contributed by atoms with Crippen LogP contribution in [0.25, 0.3) is 0 Å². The van der Waals surface area contributed by atoms with Gasteiger partial charge in [-0.15, -0.1) is 0 Å². The Labute approximate surface area is 24.9 Å². The fourth-order valence-electron chi connectivity index (χ4n) is 0. The summed E-state index contributed by atoms with van der Waals surface area (Å²) in [6.07, 6.45) is 0. The maximum atomic E-state index is 9.15. The molecule has 0 saturated heterocycles. The van der Waals surface area contributed by atoms with Crippen LogP contribution in [0.15, 0.2) is 0 Å². The van der Waals surface area contributed by atoms with Gasteiger partial charge in [0.15, 0.2) is 0 Å². The van der Waals surface area contributed by atoms with Crippen molar-refractivity contribution in [2.24, 2.45) is 11.0 Å². The number of nitrogens with two attached hydrogens (primary N) is 2. The number of rotatable bonds is 0. The van der Waals surface area contributed by atoms with E-state index in [1.165, 1.54) is 0 Å². The summed E-state index contributed by atoms with van der Waals surface area (Å²) in [5.74, 6) is 0. The summed E-state index contributed by atoms with van der Waals surface area (Å²) < 4.78 is 9.15. The fourth-order valence-corrected chi connectivity index (χ4v) is 0. The molecule has 0 fully saturated rings. The maximum absolute atomic E-state index is 9.15. The van der Waals surface area contributed by atoms with Gasteiger partial charge in [0.25, 0.3) is 0 Å². The second-order valence-electron chi connectivity index (χ2n) is 0.360. The van der Waals surface area contributed by atoms with E-state index in [1.54, 1.807) is 0 Å². The quantitative estimate of drug-likeness (QED) is 0.387. The fraction of sp³-hybridized carbons (Fsp3) is 0. The van der Waals surface area contributed by atoms with E-state index in [4.69, 9.17) is 4.57 Å². The van der Waals surface area contributed by atoms with Crippen molar-refractivity contribution in [2.75, 3.05) is 0 Å². The second kappa shape index (κ2) is 1.35. The number of hydrogen-bond donors (Lipinski definition) is 2. The van der Waals surface area contributed by atoms with Crippen LogP contribution < -0.4 is 11.0 Å². The summed E-state index contributed by atoms with van der Waals surface area (Å²) in [6, 6.07) is 0. The molecule has 0 unspecified atom stereocenters. The lowest BCUT2D eigenvalue weighted by Gasteiger charge is -1.61. The van der Waals surface area contributed by atoms with Gasteiger partial charge < -0.3 is 0 Å². The Morgan fingerprint density at radius 1 is 1.50 bits per heavy atom. The molecule has 0 atom stereocenters. The molecule has 0 aromatic rings. The van der Waals surface area contributed by atoms with Crippen LogP contribution in [0.2, 0.25) is 0 Å². The molecule has 4 heteroatoms. The molecule has 3 nitrogen and oxygen atoms in total. The van der Waals surface area contributed by atoms with E-state index in [9.17, 15) is 0 Å². The van der Waals surface area contributed by atoms with Crippen molar-refractivity contribution in [1.82, 2.24) is 0 Å². The van der Waals surface area contributed by atoms with Crippen LogP contribution in [-0.4, -0.2) is 0 Å². The van der Waals surface area contributed by atoms with Crippen LogP contribution in [-0.2, 0) is 4.57 Å². The average molecular weight is 79.0 g/mol. The van der Waals surface area contributed by atoms with Crippen molar-refractivity contribution >= 4 is 8.10 Å². The standard InChI is InChI=1S/H4N2OP/c1-4(2)3/h(H4,1,2,3). The molecule has 0 aliphatic carbocycles. The minimum Gasteiger partial charge on any atom is -0.252 e. The van der Waals surface area contributed by atoms with Crippen molar-refractivity contribution < 1.29 is 4.57 Å². The predicted molar refractivity (Wildman–Crippen MR) is 16.0 cm³/mol. The highest BCUT2D eigenvalue weighted by molar-refractivity contribution is 7.39. The van der Waals surface area contributed by atoms with Gasteiger partial charge in [0.05, 0.1) is 0 Å². The van der Waals surface area contributed by atoms with E-state index < -0.39 is 8.10 Å².